The minimum Gasteiger partial charge on any atom is -0.497 e. The number of amides is 1. The molecule has 0 atom stereocenters. The molecule has 0 heterocycles. The maximum Gasteiger partial charge on any atom is 0.266 e. The van der Waals surface area contributed by atoms with E-state index in [4.69, 9.17) is 9.47 Å². The van der Waals surface area contributed by atoms with Gasteiger partial charge in [0.25, 0.3) is 5.91 Å². The number of carbonyl (C=O) groups is 1. The third kappa shape index (κ3) is 5.36. The van der Waals surface area contributed by atoms with Crippen molar-refractivity contribution < 1.29 is 14.3 Å². The van der Waals surface area contributed by atoms with Gasteiger partial charge < -0.3 is 14.8 Å². The minimum absolute atomic E-state index is 0.00486. The highest BCUT2D eigenvalue weighted by atomic mass is 79.9. The zero-order valence-electron chi connectivity index (χ0n) is 14.7. The van der Waals surface area contributed by atoms with Crippen LogP contribution in [-0.4, -0.2) is 19.1 Å². The highest BCUT2D eigenvalue weighted by molar-refractivity contribution is 9.10. The van der Waals surface area contributed by atoms with E-state index in [-0.39, 0.29) is 11.7 Å². The highest BCUT2D eigenvalue weighted by Crippen LogP contribution is 2.28. The van der Waals surface area contributed by atoms with E-state index in [1.54, 1.807) is 49.6 Å². The molecule has 26 heavy (non-hydrogen) atoms. The highest BCUT2D eigenvalue weighted by Gasteiger charge is 2.11. The molecular weight excluding hydrogens is 396 g/mol. The summed E-state index contributed by atoms with van der Waals surface area (Å²) in [6, 6.07) is 14.2. The zero-order chi connectivity index (χ0) is 19.1. The SMILES string of the molecule is COc1ccc(NC(=O)/C(C#N)=C/c2ccc(OC(C)C)c(Br)c2)cc1. The van der Waals surface area contributed by atoms with Gasteiger partial charge in [0.2, 0.25) is 0 Å². The van der Waals surface area contributed by atoms with E-state index in [2.05, 4.69) is 21.2 Å². The van der Waals surface area contributed by atoms with Crippen molar-refractivity contribution >= 4 is 33.6 Å². The number of hydrogen-bond donors (Lipinski definition) is 1. The summed E-state index contributed by atoms with van der Waals surface area (Å²) in [5.41, 5.74) is 1.30. The van der Waals surface area contributed by atoms with Gasteiger partial charge in [-0.1, -0.05) is 6.07 Å². The van der Waals surface area contributed by atoms with Crippen molar-refractivity contribution in [3.05, 3.63) is 58.1 Å². The average molecular weight is 415 g/mol. The number of halogens is 1. The van der Waals surface area contributed by atoms with Crippen molar-refractivity contribution in [3.8, 4) is 17.6 Å². The van der Waals surface area contributed by atoms with Gasteiger partial charge in [-0.25, -0.2) is 0 Å². The molecule has 2 aromatic rings. The Morgan fingerprint density at radius 1 is 1.23 bits per heavy atom. The molecule has 0 saturated carbocycles. The molecule has 0 spiro atoms. The summed E-state index contributed by atoms with van der Waals surface area (Å²) >= 11 is 3.44. The van der Waals surface area contributed by atoms with Crippen molar-refractivity contribution in [2.75, 3.05) is 12.4 Å². The molecule has 6 heteroatoms. The van der Waals surface area contributed by atoms with Crippen LogP contribution >= 0.6 is 15.9 Å². The van der Waals surface area contributed by atoms with Crippen LogP contribution in [0, 0.1) is 11.3 Å². The van der Waals surface area contributed by atoms with E-state index in [1.165, 1.54) is 6.08 Å². The second kappa shape index (κ2) is 9.07. The number of methoxy groups -OCH3 is 1. The lowest BCUT2D eigenvalue weighted by Gasteiger charge is -2.11. The van der Waals surface area contributed by atoms with Crippen molar-refractivity contribution in [2.45, 2.75) is 20.0 Å². The first kappa shape index (κ1) is 19.5. The number of anilines is 1. The molecule has 1 N–H and O–H groups in total. The Balaban J connectivity index is 2.17. The van der Waals surface area contributed by atoms with E-state index < -0.39 is 5.91 Å². The summed E-state index contributed by atoms with van der Waals surface area (Å²) in [4.78, 5) is 12.3. The Morgan fingerprint density at radius 3 is 2.46 bits per heavy atom. The molecule has 2 aromatic carbocycles. The lowest BCUT2D eigenvalue weighted by atomic mass is 10.1. The predicted octanol–water partition coefficient (Wildman–Crippen LogP) is 4.79. The first-order chi connectivity index (χ1) is 12.4. The maximum atomic E-state index is 12.3. The van der Waals surface area contributed by atoms with Crippen molar-refractivity contribution in [1.82, 2.24) is 0 Å². The number of rotatable bonds is 6. The molecule has 1 amide bonds. The van der Waals surface area contributed by atoms with Crippen LogP contribution in [-0.2, 0) is 4.79 Å². The number of nitriles is 1. The largest absolute Gasteiger partial charge is 0.497 e. The molecule has 0 bridgehead atoms. The monoisotopic (exact) mass is 414 g/mol. The Labute approximate surface area is 161 Å². The van der Waals surface area contributed by atoms with Crippen molar-refractivity contribution in [3.63, 3.8) is 0 Å². The van der Waals surface area contributed by atoms with E-state index in [1.807, 2.05) is 19.9 Å². The van der Waals surface area contributed by atoms with E-state index in [0.29, 0.717) is 17.2 Å². The summed E-state index contributed by atoms with van der Waals surface area (Å²) in [6.07, 6.45) is 1.58. The molecule has 0 aromatic heterocycles. The van der Waals surface area contributed by atoms with Crippen LogP contribution in [0.3, 0.4) is 0 Å². The van der Waals surface area contributed by atoms with Crippen LogP contribution in [0.15, 0.2) is 52.5 Å². The molecule has 0 radical (unpaired) electrons. The quantitative estimate of drug-likeness (QED) is 0.544. The first-order valence-electron chi connectivity index (χ1n) is 7.96. The van der Waals surface area contributed by atoms with E-state index >= 15 is 0 Å². The maximum absolute atomic E-state index is 12.3. The zero-order valence-corrected chi connectivity index (χ0v) is 16.3. The fourth-order valence-corrected chi connectivity index (χ4v) is 2.63. The fourth-order valence-electron chi connectivity index (χ4n) is 2.14. The Morgan fingerprint density at radius 2 is 1.92 bits per heavy atom. The molecule has 0 aliphatic heterocycles. The van der Waals surface area contributed by atoms with Gasteiger partial charge in [0.1, 0.15) is 23.1 Å². The molecule has 0 fully saturated rings. The van der Waals surface area contributed by atoms with Crippen LogP contribution in [0.25, 0.3) is 6.08 Å². The van der Waals surface area contributed by atoms with Crippen LogP contribution in [0.2, 0.25) is 0 Å². The van der Waals surface area contributed by atoms with Crippen LogP contribution in [0.4, 0.5) is 5.69 Å². The standard InChI is InChI=1S/C20H19BrN2O3/c1-13(2)26-19-9-4-14(11-18(19)21)10-15(12-22)20(24)23-16-5-7-17(25-3)8-6-16/h4-11,13H,1-3H3,(H,23,24)/b15-10+. The Bertz CT molecular complexity index is 852. The number of hydrogen-bond acceptors (Lipinski definition) is 4. The molecule has 0 unspecified atom stereocenters. The smallest absolute Gasteiger partial charge is 0.266 e. The number of nitrogens with one attached hydrogen (secondary N) is 1. The van der Waals surface area contributed by atoms with Gasteiger partial charge in [-0.05, 0) is 77.8 Å². The van der Waals surface area contributed by atoms with Crippen molar-refractivity contribution in [2.24, 2.45) is 0 Å². The predicted molar refractivity (Wildman–Crippen MR) is 105 cm³/mol. The topological polar surface area (TPSA) is 71.3 Å². The summed E-state index contributed by atoms with van der Waals surface area (Å²) in [6.45, 7) is 3.88. The van der Waals surface area contributed by atoms with Gasteiger partial charge in [-0.3, -0.25) is 4.79 Å². The third-order valence-electron chi connectivity index (χ3n) is 3.34. The Kier molecular flexibility index (Phi) is 6.81. The minimum atomic E-state index is -0.476. The number of carbonyl (C=O) groups excluding carboxylic acids is 1. The second-order valence-electron chi connectivity index (χ2n) is 5.71. The lowest BCUT2D eigenvalue weighted by Crippen LogP contribution is -2.13. The normalized spacial score (nSPS) is 11.0. The van der Waals surface area contributed by atoms with Gasteiger partial charge >= 0.3 is 0 Å². The molecule has 0 saturated heterocycles. The Hall–Kier alpha value is -2.78. The molecule has 0 aliphatic rings. The third-order valence-corrected chi connectivity index (χ3v) is 3.96. The number of benzene rings is 2. The summed E-state index contributed by atoms with van der Waals surface area (Å²) < 4.78 is 11.5. The summed E-state index contributed by atoms with van der Waals surface area (Å²) in [7, 11) is 1.57. The number of ether oxygens (including phenoxy) is 2. The van der Waals surface area contributed by atoms with Crippen LogP contribution in [0.1, 0.15) is 19.4 Å². The van der Waals surface area contributed by atoms with Gasteiger partial charge in [0.15, 0.2) is 0 Å². The van der Waals surface area contributed by atoms with Crippen molar-refractivity contribution in [1.29, 1.82) is 5.26 Å². The van der Waals surface area contributed by atoms with E-state index in [0.717, 1.165) is 10.0 Å². The van der Waals surface area contributed by atoms with E-state index in [9.17, 15) is 10.1 Å². The van der Waals surface area contributed by atoms with Gasteiger partial charge in [0, 0.05) is 5.69 Å². The van der Waals surface area contributed by atoms with Crippen LogP contribution < -0.4 is 14.8 Å². The molecule has 5 nitrogen and oxygen atoms in total. The number of nitrogens with zero attached hydrogens (tertiary/aromatic N) is 1. The summed E-state index contributed by atoms with van der Waals surface area (Å²) in [5.74, 6) is 0.919. The first-order valence-corrected chi connectivity index (χ1v) is 8.75. The fraction of sp³-hybridized carbons (Fsp3) is 0.200. The van der Waals surface area contributed by atoms with Gasteiger partial charge in [-0.15, -0.1) is 0 Å². The average Bonchev–Trinajstić information content (AvgIpc) is 2.62. The molecule has 2 rings (SSSR count). The molecule has 134 valence electrons. The van der Waals surface area contributed by atoms with Gasteiger partial charge in [-0.2, -0.15) is 5.26 Å². The molecule has 0 aliphatic carbocycles. The second-order valence-corrected chi connectivity index (χ2v) is 6.56. The summed E-state index contributed by atoms with van der Waals surface area (Å²) in [5, 5.41) is 12.0. The molecular formula is C20H19BrN2O3. The van der Waals surface area contributed by atoms with Gasteiger partial charge in [0.05, 0.1) is 17.7 Å². The lowest BCUT2D eigenvalue weighted by molar-refractivity contribution is -0.112. The van der Waals surface area contributed by atoms with Crippen LogP contribution in [0.5, 0.6) is 11.5 Å².